The van der Waals surface area contributed by atoms with Crippen molar-refractivity contribution in [2.45, 2.75) is 33.1 Å². The number of esters is 1. The molecule has 0 saturated carbocycles. The van der Waals surface area contributed by atoms with Crippen LogP contribution in [0.1, 0.15) is 33.1 Å². The molecule has 0 bridgehead atoms. The molecule has 0 aromatic rings. The van der Waals surface area contributed by atoms with Crippen LogP contribution in [0, 0.1) is 0 Å². The van der Waals surface area contributed by atoms with Gasteiger partial charge in [-0.2, -0.15) is 0 Å². The summed E-state index contributed by atoms with van der Waals surface area (Å²) in [4.78, 5) is 10.8. The molecular formula is C9H18O3. The molecule has 0 aromatic carbocycles. The van der Waals surface area contributed by atoms with E-state index in [0.717, 1.165) is 19.3 Å². The molecule has 0 rings (SSSR count). The summed E-state index contributed by atoms with van der Waals surface area (Å²) in [5.74, 6) is -0.257. The van der Waals surface area contributed by atoms with Gasteiger partial charge >= 0.3 is 5.97 Å². The third-order valence-electron chi connectivity index (χ3n) is 1.43. The first kappa shape index (κ1) is 11.4. The predicted molar refractivity (Wildman–Crippen MR) is 47.0 cm³/mol. The Morgan fingerprint density at radius 3 is 2.58 bits per heavy atom. The normalized spacial score (nSPS) is 9.83. The minimum Gasteiger partial charge on any atom is -0.464 e. The molecule has 0 amide bonds. The van der Waals surface area contributed by atoms with Crippen LogP contribution in [0.25, 0.3) is 0 Å². The van der Waals surface area contributed by atoms with Crippen molar-refractivity contribution in [2.75, 3.05) is 19.8 Å². The quantitative estimate of drug-likeness (QED) is 0.436. The summed E-state index contributed by atoms with van der Waals surface area (Å²) >= 11 is 0. The summed E-state index contributed by atoms with van der Waals surface area (Å²) in [6, 6.07) is 0. The van der Waals surface area contributed by atoms with Crippen molar-refractivity contribution in [3.63, 3.8) is 0 Å². The van der Waals surface area contributed by atoms with E-state index in [1.54, 1.807) is 0 Å². The molecule has 0 atom stereocenters. The Balaban J connectivity index is 3.08. The van der Waals surface area contributed by atoms with Crippen molar-refractivity contribution >= 4 is 5.97 Å². The summed E-state index contributed by atoms with van der Waals surface area (Å²) in [6.45, 7) is 5.14. The fraction of sp³-hybridized carbons (Fsp3) is 0.889. The lowest BCUT2D eigenvalue weighted by Crippen LogP contribution is -2.13. The topological polar surface area (TPSA) is 35.5 Å². The number of unbranched alkanes of at least 4 members (excludes halogenated alkanes) is 2. The van der Waals surface area contributed by atoms with E-state index in [1.807, 2.05) is 6.92 Å². The van der Waals surface area contributed by atoms with E-state index >= 15 is 0 Å². The third-order valence-corrected chi connectivity index (χ3v) is 1.43. The fourth-order valence-corrected chi connectivity index (χ4v) is 0.765. The number of carbonyl (C=O) groups is 1. The van der Waals surface area contributed by atoms with Crippen molar-refractivity contribution in [3.05, 3.63) is 0 Å². The Bertz CT molecular complexity index is 112. The van der Waals surface area contributed by atoms with Gasteiger partial charge in [0.05, 0.1) is 6.61 Å². The Labute approximate surface area is 74.0 Å². The van der Waals surface area contributed by atoms with Crippen molar-refractivity contribution in [2.24, 2.45) is 0 Å². The molecule has 0 aliphatic rings. The monoisotopic (exact) mass is 174 g/mol. The van der Waals surface area contributed by atoms with Gasteiger partial charge in [0.2, 0.25) is 0 Å². The first-order valence-corrected chi connectivity index (χ1v) is 4.54. The van der Waals surface area contributed by atoms with E-state index in [4.69, 9.17) is 9.47 Å². The number of hydrogen-bond donors (Lipinski definition) is 0. The molecule has 0 spiro atoms. The number of hydrogen-bond acceptors (Lipinski definition) is 3. The molecule has 0 fully saturated rings. The average Bonchev–Trinajstić information content (AvgIpc) is 2.09. The zero-order valence-electron chi connectivity index (χ0n) is 7.97. The van der Waals surface area contributed by atoms with E-state index in [1.165, 1.54) is 0 Å². The standard InChI is InChI=1S/C9H18O3/c1-3-5-6-7-12-9(10)8-11-4-2/h3-8H2,1-2H3. The number of carbonyl (C=O) groups excluding carboxylic acids is 1. The first-order valence-electron chi connectivity index (χ1n) is 4.54. The van der Waals surface area contributed by atoms with Crippen molar-refractivity contribution < 1.29 is 14.3 Å². The van der Waals surface area contributed by atoms with Crippen LogP contribution in [0.3, 0.4) is 0 Å². The molecule has 0 aliphatic heterocycles. The van der Waals surface area contributed by atoms with E-state index in [2.05, 4.69) is 6.92 Å². The zero-order valence-corrected chi connectivity index (χ0v) is 7.97. The molecule has 3 nitrogen and oxygen atoms in total. The van der Waals surface area contributed by atoms with Gasteiger partial charge in [0.15, 0.2) is 0 Å². The maximum atomic E-state index is 10.8. The highest BCUT2D eigenvalue weighted by Gasteiger charge is 2.00. The van der Waals surface area contributed by atoms with Crippen LogP contribution in [0.15, 0.2) is 0 Å². The van der Waals surface area contributed by atoms with Crippen LogP contribution < -0.4 is 0 Å². The Morgan fingerprint density at radius 2 is 2.00 bits per heavy atom. The Morgan fingerprint density at radius 1 is 1.25 bits per heavy atom. The molecule has 0 heterocycles. The second-order valence-electron chi connectivity index (χ2n) is 2.56. The zero-order chi connectivity index (χ0) is 9.23. The van der Waals surface area contributed by atoms with Gasteiger partial charge in [0, 0.05) is 6.61 Å². The van der Waals surface area contributed by atoms with E-state index < -0.39 is 0 Å². The van der Waals surface area contributed by atoms with Gasteiger partial charge in [0.1, 0.15) is 6.61 Å². The van der Waals surface area contributed by atoms with Crippen LogP contribution in [0.5, 0.6) is 0 Å². The second-order valence-corrected chi connectivity index (χ2v) is 2.56. The first-order chi connectivity index (χ1) is 5.81. The Kier molecular flexibility index (Phi) is 8.12. The van der Waals surface area contributed by atoms with E-state index in [-0.39, 0.29) is 12.6 Å². The average molecular weight is 174 g/mol. The molecule has 3 heteroatoms. The number of rotatable bonds is 7. The summed E-state index contributed by atoms with van der Waals surface area (Å²) in [7, 11) is 0. The van der Waals surface area contributed by atoms with Crippen LogP contribution in [0.2, 0.25) is 0 Å². The van der Waals surface area contributed by atoms with Gasteiger partial charge in [-0.05, 0) is 13.3 Å². The van der Waals surface area contributed by atoms with Crippen molar-refractivity contribution in [3.8, 4) is 0 Å². The minimum absolute atomic E-state index is 0.0859. The highest BCUT2D eigenvalue weighted by molar-refractivity contribution is 5.70. The second kappa shape index (κ2) is 8.53. The molecule has 0 aliphatic carbocycles. The van der Waals surface area contributed by atoms with Crippen LogP contribution in [0.4, 0.5) is 0 Å². The number of ether oxygens (including phenoxy) is 2. The lowest BCUT2D eigenvalue weighted by Gasteiger charge is -2.03. The molecule has 72 valence electrons. The van der Waals surface area contributed by atoms with Crippen LogP contribution >= 0.6 is 0 Å². The molecule has 0 aromatic heterocycles. The molecule has 0 unspecified atom stereocenters. The van der Waals surface area contributed by atoms with Gasteiger partial charge in [-0.3, -0.25) is 0 Å². The van der Waals surface area contributed by atoms with Gasteiger partial charge in [0.25, 0.3) is 0 Å². The maximum absolute atomic E-state index is 10.8. The fourth-order valence-electron chi connectivity index (χ4n) is 0.765. The molecule has 0 radical (unpaired) electrons. The summed E-state index contributed by atoms with van der Waals surface area (Å²) in [5, 5.41) is 0. The highest BCUT2D eigenvalue weighted by Crippen LogP contribution is 1.94. The van der Waals surface area contributed by atoms with Gasteiger partial charge in [-0.1, -0.05) is 19.8 Å². The summed E-state index contributed by atoms with van der Waals surface area (Å²) in [6.07, 6.45) is 3.21. The van der Waals surface area contributed by atoms with Crippen molar-refractivity contribution in [1.29, 1.82) is 0 Å². The Hall–Kier alpha value is -0.570. The van der Waals surface area contributed by atoms with Crippen molar-refractivity contribution in [1.82, 2.24) is 0 Å². The third kappa shape index (κ3) is 7.54. The lowest BCUT2D eigenvalue weighted by atomic mass is 10.3. The minimum atomic E-state index is -0.257. The highest BCUT2D eigenvalue weighted by atomic mass is 16.6. The molecule has 0 saturated heterocycles. The SMILES string of the molecule is CCCCCOC(=O)COCC. The lowest BCUT2D eigenvalue weighted by molar-refractivity contribution is -0.148. The maximum Gasteiger partial charge on any atom is 0.332 e. The largest absolute Gasteiger partial charge is 0.464 e. The van der Waals surface area contributed by atoms with E-state index in [0.29, 0.717) is 13.2 Å². The van der Waals surface area contributed by atoms with Gasteiger partial charge in [-0.25, -0.2) is 4.79 Å². The van der Waals surface area contributed by atoms with Crippen LogP contribution in [-0.4, -0.2) is 25.8 Å². The molecular weight excluding hydrogens is 156 g/mol. The summed E-state index contributed by atoms with van der Waals surface area (Å²) < 4.78 is 9.76. The van der Waals surface area contributed by atoms with Gasteiger partial charge < -0.3 is 9.47 Å². The molecule has 0 N–H and O–H groups in total. The predicted octanol–water partition coefficient (Wildman–Crippen LogP) is 1.76. The molecule has 12 heavy (non-hydrogen) atoms. The smallest absolute Gasteiger partial charge is 0.332 e. The van der Waals surface area contributed by atoms with Crippen LogP contribution in [-0.2, 0) is 14.3 Å². The van der Waals surface area contributed by atoms with Gasteiger partial charge in [-0.15, -0.1) is 0 Å². The van der Waals surface area contributed by atoms with E-state index in [9.17, 15) is 4.79 Å². The summed E-state index contributed by atoms with van der Waals surface area (Å²) in [5.41, 5.74) is 0.